The fourth-order valence-electron chi connectivity index (χ4n) is 3.54. The van der Waals surface area contributed by atoms with Gasteiger partial charge in [-0.05, 0) is 55.3 Å². The van der Waals surface area contributed by atoms with Crippen LogP contribution in [0.5, 0.6) is 5.75 Å². The van der Waals surface area contributed by atoms with E-state index in [9.17, 15) is 18.3 Å². The number of hydrogen-bond donors (Lipinski definition) is 1. The first-order chi connectivity index (χ1) is 13.9. The summed E-state index contributed by atoms with van der Waals surface area (Å²) in [5.74, 6) is 0.0705. The summed E-state index contributed by atoms with van der Waals surface area (Å²) in [6.45, 7) is 0. The minimum atomic E-state index is -4.54. The predicted octanol–water partition coefficient (Wildman–Crippen LogP) is 5.69. The Bertz CT molecular complexity index is 1190. The van der Waals surface area contributed by atoms with E-state index in [0.717, 1.165) is 18.9 Å². The quantitative estimate of drug-likeness (QED) is 0.485. The van der Waals surface area contributed by atoms with Gasteiger partial charge in [0.15, 0.2) is 5.65 Å². The van der Waals surface area contributed by atoms with Crippen LogP contribution < -0.4 is 0 Å². The molecule has 0 amide bonds. The fourth-order valence-corrected chi connectivity index (χ4v) is 3.54. The molecule has 2 aromatic heterocycles. The molecular weight excluding hydrogens is 379 g/mol. The number of hydrogen-bond acceptors (Lipinski definition) is 3. The van der Waals surface area contributed by atoms with Gasteiger partial charge in [-0.3, -0.25) is 0 Å². The zero-order valence-electron chi connectivity index (χ0n) is 15.2. The van der Waals surface area contributed by atoms with Crippen molar-refractivity contribution < 1.29 is 18.3 Å². The van der Waals surface area contributed by atoms with Crippen molar-refractivity contribution in [3.05, 3.63) is 71.9 Å². The summed E-state index contributed by atoms with van der Waals surface area (Å²) in [7, 11) is 0. The van der Waals surface area contributed by atoms with Gasteiger partial charge in [0, 0.05) is 11.5 Å². The van der Waals surface area contributed by atoms with Crippen LogP contribution in [0.15, 0.2) is 60.7 Å². The number of halogens is 3. The summed E-state index contributed by atoms with van der Waals surface area (Å²) in [6, 6.07) is 16.1. The highest BCUT2D eigenvalue weighted by Crippen LogP contribution is 2.46. The highest BCUT2D eigenvalue weighted by atomic mass is 19.4. The summed E-state index contributed by atoms with van der Waals surface area (Å²) in [4.78, 5) is 4.58. The number of para-hydroxylation sites is 1. The molecule has 0 radical (unpaired) electrons. The number of benzene rings is 2. The van der Waals surface area contributed by atoms with E-state index in [4.69, 9.17) is 0 Å². The summed E-state index contributed by atoms with van der Waals surface area (Å²) >= 11 is 0. The summed E-state index contributed by atoms with van der Waals surface area (Å²) in [6.07, 6.45) is -2.88. The molecule has 146 valence electrons. The molecule has 0 unspecified atom stereocenters. The molecule has 2 aromatic carbocycles. The van der Waals surface area contributed by atoms with E-state index in [0.29, 0.717) is 16.9 Å². The molecule has 4 aromatic rings. The van der Waals surface area contributed by atoms with Crippen LogP contribution in [-0.4, -0.2) is 19.9 Å². The second-order valence-electron chi connectivity index (χ2n) is 7.21. The zero-order valence-corrected chi connectivity index (χ0v) is 15.2. The van der Waals surface area contributed by atoms with Gasteiger partial charge in [0.05, 0.1) is 28.0 Å². The van der Waals surface area contributed by atoms with E-state index in [2.05, 4.69) is 10.1 Å². The van der Waals surface area contributed by atoms with Gasteiger partial charge in [0.1, 0.15) is 5.75 Å². The van der Waals surface area contributed by atoms with Crippen LogP contribution in [0.3, 0.4) is 0 Å². The standard InChI is InChI=1S/C22H16F3N3O/c23-22(24,25)17-12-18(13-8-10-16(29)11-9-13)26-21-19(17)20(14-6-7-14)27-28(21)15-4-2-1-3-5-15/h1-5,8-12,14,29H,6-7H2. The van der Waals surface area contributed by atoms with E-state index in [-0.39, 0.29) is 28.4 Å². The minimum absolute atomic E-state index is 0.0323. The molecule has 2 heterocycles. The summed E-state index contributed by atoms with van der Waals surface area (Å²) in [5.41, 5.74) is 1.26. The van der Waals surface area contributed by atoms with Gasteiger partial charge in [-0.2, -0.15) is 18.3 Å². The van der Waals surface area contributed by atoms with Gasteiger partial charge in [-0.25, -0.2) is 9.67 Å². The molecule has 0 bridgehead atoms. The third-order valence-corrected chi connectivity index (χ3v) is 5.10. The molecule has 29 heavy (non-hydrogen) atoms. The summed E-state index contributed by atoms with van der Waals surface area (Å²) in [5, 5.41) is 14.1. The number of fused-ring (bicyclic) bond motifs is 1. The van der Waals surface area contributed by atoms with Gasteiger partial charge in [-0.1, -0.05) is 18.2 Å². The van der Waals surface area contributed by atoms with Gasteiger partial charge in [0.2, 0.25) is 0 Å². The predicted molar refractivity (Wildman–Crippen MR) is 103 cm³/mol. The van der Waals surface area contributed by atoms with Crippen LogP contribution in [0, 0.1) is 0 Å². The Morgan fingerprint density at radius 2 is 1.66 bits per heavy atom. The molecule has 1 fully saturated rings. The van der Waals surface area contributed by atoms with Crippen molar-refractivity contribution in [1.82, 2.24) is 14.8 Å². The average Bonchev–Trinajstić information content (AvgIpc) is 3.48. The minimum Gasteiger partial charge on any atom is -0.508 e. The molecule has 4 nitrogen and oxygen atoms in total. The Morgan fingerprint density at radius 1 is 0.966 bits per heavy atom. The number of aromatic nitrogens is 3. The van der Waals surface area contributed by atoms with Crippen LogP contribution in [-0.2, 0) is 6.18 Å². The lowest BCUT2D eigenvalue weighted by Crippen LogP contribution is -2.08. The first-order valence-corrected chi connectivity index (χ1v) is 9.27. The lowest BCUT2D eigenvalue weighted by molar-refractivity contribution is -0.136. The molecule has 0 aliphatic heterocycles. The maximum atomic E-state index is 14.0. The Balaban J connectivity index is 1.85. The number of pyridine rings is 1. The third-order valence-electron chi connectivity index (χ3n) is 5.10. The topological polar surface area (TPSA) is 50.9 Å². The Labute approximate surface area is 164 Å². The van der Waals surface area contributed by atoms with E-state index in [1.807, 2.05) is 18.2 Å². The van der Waals surface area contributed by atoms with Crippen molar-refractivity contribution in [1.29, 1.82) is 0 Å². The third kappa shape index (κ3) is 3.12. The number of phenols is 1. The zero-order chi connectivity index (χ0) is 20.2. The lowest BCUT2D eigenvalue weighted by Gasteiger charge is -2.12. The molecule has 1 saturated carbocycles. The van der Waals surface area contributed by atoms with Gasteiger partial charge in [0.25, 0.3) is 0 Å². The van der Waals surface area contributed by atoms with Crippen molar-refractivity contribution in [2.45, 2.75) is 24.9 Å². The van der Waals surface area contributed by atoms with Crippen molar-refractivity contribution in [3.63, 3.8) is 0 Å². The second-order valence-corrected chi connectivity index (χ2v) is 7.21. The molecule has 7 heteroatoms. The number of phenolic OH excluding ortho intramolecular Hbond substituents is 1. The smallest absolute Gasteiger partial charge is 0.417 e. The normalized spacial score (nSPS) is 14.4. The Morgan fingerprint density at radius 3 is 2.28 bits per heavy atom. The molecule has 5 rings (SSSR count). The number of alkyl halides is 3. The van der Waals surface area contributed by atoms with Crippen LogP contribution in [0.2, 0.25) is 0 Å². The first kappa shape index (κ1) is 17.7. The van der Waals surface area contributed by atoms with Gasteiger partial charge in [-0.15, -0.1) is 0 Å². The van der Waals surface area contributed by atoms with Crippen molar-refractivity contribution in [3.8, 4) is 22.7 Å². The SMILES string of the molecule is Oc1ccc(-c2cc(C(F)(F)F)c3c(C4CC4)nn(-c4ccccc4)c3n2)cc1. The van der Waals surface area contributed by atoms with Gasteiger partial charge >= 0.3 is 6.18 Å². The molecule has 1 aliphatic rings. The number of rotatable bonds is 3. The fraction of sp³-hybridized carbons (Fsp3) is 0.182. The second kappa shape index (κ2) is 6.34. The van der Waals surface area contributed by atoms with Crippen molar-refractivity contribution in [2.24, 2.45) is 0 Å². The van der Waals surface area contributed by atoms with Crippen LogP contribution >= 0.6 is 0 Å². The largest absolute Gasteiger partial charge is 0.508 e. The number of aromatic hydroxyl groups is 1. The molecule has 1 N–H and O–H groups in total. The van der Waals surface area contributed by atoms with E-state index in [1.54, 1.807) is 24.3 Å². The maximum Gasteiger partial charge on any atom is 0.417 e. The molecule has 0 atom stereocenters. The number of nitrogens with zero attached hydrogens (tertiary/aromatic N) is 3. The van der Waals surface area contributed by atoms with Crippen molar-refractivity contribution >= 4 is 11.0 Å². The Kier molecular flexibility index (Phi) is 3.87. The van der Waals surface area contributed by atoms with Crippen LogP contribution in [0.4, 0.5) is 13.2 Å². The monoisotopic (exact) mass is 395 g/mol. The van der Waals surface area contributed by atoms with Crippen molar-refractivity contribution in [2.75, 3.05) is 0 Å². The van der Waals surface area contributed by atoms with Crippen LogP contribution in [0.25, 0.3) is 28.0 Å². The Hall–Kier alpha value is -3.35. The molecule has 1 aliphatic carbocycles. The van der Waals surface area contributed by atoms with Gasteiger partial charge < -0.3 is 5.11 Å². The van der Waals surface area contributed by atoms with E-state index in [1.165, 1.54) is 16.8 Å². The molecular formula is C22H16F3N3O. The maximum absolute atomic E-state index is 14.0. The molecule has 0 spiro atoms. The summed E-state index contributed by atoms with van der Waals surface area (Å²) < 4.78 is 43.6. The first-order valence-electron chi connectivity index (χ1n) is 9.27. The molecule has 0 saturated heterocycles. The van der Waals surface area contributed by atoms with Crippen LogP contribution in [0.1, 0.15) is 30.0 Å². The van der Waals surface area contributed by atoms with E-state index >= 15 is 0 Å². The lowest BCUT2D eigenvalue weighted by atomic mass is 10.0. The highest BCUT2D eigenvalue weighted by molar-refractivity contribution is 5.88. The van der Waals surface area contributed by atoms with E-state index < -0.39 is 11.7 Å². The highest BCUT2D eigenvalue weighted by Gasteiger charge is 2.39. The average molecular weight is 395 g/mol.